The van der Waals surface area contributed by atoms with E-state index in [2.05, 4.69) is 31.2 Å². The molecule has 3 aromatic heterocycles. The summed E-state index contributed by atoms with van der Waals surface area (Å²) >= 11 is 6.61. The zero-order valence-electron chi connectivity index (χ0n) is 13.1. The van der Waals surface area contributed by atoms with Gasteiger partial charge in [-0.05, 0) is 40.2 Å². The third kappa shape index (κ3) is 3.65. The van der Waals surface area contributed by atoms with E-state index >= 15 is 0 Å². The van der Waals surface area contributed by atoms with Gasteiger partial charge in [0.1, 0.15) is 10.5 Å². The smallest absolute Gasteiger partial charge is 0.230 e. The maximum atomic E-state index is 12.3. The normalized spacial score (nSPS) is 11.1. The fraction of sp³-hybridized carbons (Fsp3) is 0.118. The minimum Gasteiger partial charge on any atom is -0.441 e. The molecule has 25 heavy (non-hydrogen) atoms. The first-order valence-corrected chi connectivity index (χ1v) is 9.98. The number of aromatic nitrogens is 2. The molecular weight excluding hydrogens is 422 g/mol. The number of rotatable bonds is 4. The lowest BCUT2D eigenvalue weighted by molar-refractivity contribution is -0.115. The maximum absolute atomic E-state index is 12.3. The molecule has 0 spiro atoms. The van der Waals surface area contributed by atoms with Gasteiger partial charge in [0, 0.05) is 27.8 Å². The van der Waals surface area contributed by atoms with Gasteiger partial charge in [0.2, 0.25) is 5.91 Å². The zero-order valence-corrected chi connectivity index (χ0v) is 16.3. The van der Waals surface area contributed by atoms with Gasteiger partial charge >= 0.3 is 0 Å². The Kier molecular flexibility index (Phi) is 4.41. The number of hydrogen-bond acceptors (Lipinski definition) is 6. The fourth-order valence-corrected chi connectivity index (χ4v) is 4.74. The van der Waals surface area contributed by atoms with Crippen molar-refractivity contribution in [1.29, 1.82) is 0 Å². The second kappa shape index (κ2) is 6.70. The first kappa shape index (κ1) is 16.4. The lowest BCUT2D eigenvalue weighted by Gasteiger charge is -2.03. The summed E-state index contributed by atoms with van der Waals surface area (Å²) in [6.45, 7) is 1.80. The Morgan fingerprint density at radius 1 is 1.24 bits per heavy atom. The minimum atomic E-state index is -0.108. The summed E-state index contributed by atoms with van der Waals surface area (Å²) < 4.78 is 6.48. The number of amides is 1. The van der Waals surface area contributed by atoms with Crippen molar-refractivity contribution in [3.05, 3.63) is 51.1 Å². The summed E-state index contributed by atoms with van der Waals surface area (Å²) in [7, 11) is 0. The van der Waals surface area contributed by atoms with Gasteiger partial charge in [-0.2, -0.15) is 0 Å². The number of oxazole rings is 1. The largest absolute Gasteiger partial charge is 0.441 e. The molecule has 0 unspecified atom stereocenters. The van der Waals surface area contributed by atoms with Crippen LogP contribution >= 0.6 is 38.6 Å². The number of hydrogen-bond donors (Lipinski definition) is 1. The van der Waals surface area contributed by atoms with Crippen molar-refractivity contribution in [1.82, 2.24) is 9.97 Å². The summed E-state index contributed by atoms with van der Waals surface area (Å²) in [5, 5.41) is 7.75. The molecule has 1 N–H and O–H groups in total. The average molecular weight is 434 g/mol. The highest BCUT2D eigenvalue weighted by Gasteiger charge is 2.11. The van der Waals surface area contributed by atoms with Crippen molar-refractivity contribution in [3.63, 3.8) is 0 Å². The minimum absolute atomic E-state index is 0.108. The van der Waals surface area contributed by atoms with Gasteiger partial charge in [0.25, 0.3) is 0 Å². The van der Waals surface area contributed by atoms with Gasteiger partial charge in [-0.1, -0.05) is 0 Å². The van der Waals surface area contributed by atoms with Gasteiger partial charge in [-0.25, -0.2) is 9.97 Å². The van der Waals surface area contributed by atoms with Crippen LogP contribution in [0.2, 0.25) is 0 Å². The predicted octanol–water partition coefficient (Wildman–Crippen LogP) is 5.26. The Hall–Kier alpha value is -2.03. The highest BCUT2D eigenvalue weighted by Crippen LogP contribution is 2.32. The summed E-state index contributed by atoms with van der Waals surface area (Å²) in [6.07, 6.45) is 0.235. The number of halogens is 1. The number of anilines is 1. The molecular formula is C17H12BrN3O2S2. The number of thiazole rings is 1. The number of benzene rings is 1. The molecule has 0 fully saturated rings. The molecule has 0 aliphatic rings. The molecule has 0 saturated heterocycles. The van der Waals surface area contributed by atoms with E-state index in [9.17, 15) is 4.79 Å². The van der Waals surface area contributed by atoms with Crippen molar-refractivity contribution >= 4 is 61.3 Å². The van der Waals surface area contributed by atoms with Crippen molar-refractivity contribution in [2.24, 2.45) is 0 Å². The van der Waals surface area contributed by atoms with Crippen LogP contribution in [0.5, 0.6) is 0 Å². The molecule has 0 atom stereocenters. The second-order valence-corrected chi connectivity index (χ2v) is 8.10. The van der Waals surface area contributed by atoms with E-state index < -0.39 is 0 Å². The van der Waals surface area contributed by atoms with Crippen LogP contribution in [0.1, 0.15) is 11.6 Å². The number of fused-ring (bicyclic) bond motifs is 1. The summed E-state index contributed by atoms with van der Waals surface area (Å²) in [6, 6.07) is 7.45. The predicted molar refractivity (Wildman–Crippen MR) is 104 cm³/mol. The number of nitrogens with one attached hydrogen (secondary N) is 1. The van der Waals surface area contributed by atoms with Gasteiger partial charge < -0.3 is 9.73 Å². The molecule has 8 heteroatoms. The molecule has 0 radical (unpaired) electrons. The summed E-state index contributed by atoms with van der Waals surface area (Å²) in [4.78, 5) is 22.2. The standard InChI is InChI=1S/C17H12BrN3O2S2/c1-9-19-13-5-11(2-3-14(13)23-9)20-16(22)6-12-8-25-17(21-12)15-4-10(18)7-24-15/h2-5,7-8H,6H2,1H3,(H,20,22). The summed E-state index contributed by atoms with van der Waals surface area (Å²) in [5.41, 5.74) is 2.90. The molecule has 0 aliphatic carbocycles. The third-order valence-corrected chi connectivity index (χ3v) is 6.20. The number of nitrogens with zero attached hydrogens (tertiary/aromatic N) is 2. The average Bonchev–Trinajstić information content (AvgIpc) is 3.26. The second-order valence-electron chi connectivity index (χ2n) is 5.41. The molecule has 0 aliphatic heterocycles. The van der Waals surface area contributed by atoms with Gasteiger partial charge in [-0.3, -0.25) is 4.79 Å². The molecule has 5 nitrogen and oxygen atoms in total. The van der Waals surface area contributed by atoms with Gasteiger partial charge in [-0.15, -0.1) is 22.7 Å². The van der Waals surface area contributed by atoms with Crippen LogP contribution in [-0.2, 0) is 11.2 Å². The molecule has 126 valence electrons. The van der Waals surface area contributed by atoms with Crippen LogP contribution in [0.3, 0.4) is 0 Å². The van der Waals surface area contributed by atoms with Gasteiger partial charge in [0.05, 0.1) is 17.0 Å². The van der Waals surface area contributed by atoms with Crippen LogP contribution in [0.15, 0.2) is 43.9 Å². The van der Waals surface area contributed by atoms with E-state index in [1.54, 1.807) is 47.8 Å². The van der Waals surface area contributed by atoms with E-state index in [0.29, 0.717) is 17.2 Å². The number of thiophene rings is 1. The lowest BCUT2D eigenvalue weighted by atomic mass is 10.2. The Morgan fingerprint density at radius 3 is 2.92 bits per heavy atom. The monoisotopic (exact) mass is 433 g/mol. The molecule has 3 heterocycles. The Bertz CT molecular complexity index is 1070. The third-order valence-electron chi connectivity index (χ3n) is 3.45. The van der Waals surface area contributed by atoms with E-state index in [1.807, 2.05) is 16.8 Å². The van der Waals surface area contributed by atoms with Crippen LogP contribution in [-0.4, -0.2) is 15.9 Å². The van der Waals surface area contributed by atoms with Crippen LogP contribution in [0.4, 0.5) is 5.69 Å². The molecule has 4 aromatic rings. The van der Waals surface area contributed by atoms with Crippen LogP contribution in [0.25, 0.3) is 21.0 Å². The zero-order chi connectivity index (χ0) is 17.4. The Morgan fingerprint density at radius 2 is 2.12 bits per heavy atom. The lowest BCUT2D eigenvalue weighted by Crippen LogP contribution is -2.14. The first-order valence-electron chi connectivity index (χ1n) is 7.43. The van der Waals surface area contributed by atoms with Crippen molar-refractivity contribution < 1.29 is 9.21 Å². The van der Waals surface area contributed by atoms with Crippen LogP contribution < -0.4 is 5.32 Å². The number of carbonyl (C=O) groups is 1. The van der Waals surface area contributed by atoms with Crippen molar-refractivity contribution in [3.8, 4) is 9.88 Å². The first-order chi connectivity index (χ1) is 12.1. The number of carbonyl (C=O) groups excluding carboxylic acids is 1. The number of aryl methyl sites for hydroxylation is 1. The molecule has 1 aromatic carbocycles. The molecule has 1 amide bonds. The highest BCUT2D eigenvalue weighted by atomic mass is 79.9. The Balaban J connectivity index is 1.45. The molecule has 4 rings (SSSR count). The summed E-state index contributed by atoms with van der Waals surface area (Å²) in [5.74, 6) is 0.498. The van der Waals surface area contributed by atoms with E-state index in [-0.39, 0.29) is 12.3 Å². The van der Waals surface area contributed by atoms with E-state index in [4.69, 9.17) is 4.42 Å². The molecule has 0 bridgehead atoms. The Labute approximate surface area is 159 Å². The topological polar surface area (TPSA) is 68.0 Å². The fourth-order valence-electron chi connectivity index (χ4n) is 2.42. The van der Waals surface area contributed by atoms with Crippen molar-refractivity contribution in [2.45, 2.75) is 13.3 Å². The SMILES string of the molecule is Cc1nc2cc(NC(=O)Cc3csc(-c4cc(Br)cs4)n3)ccc2o1. The quantitative estimate of drug-likeness (QED) is 0.476. The highest BCUT2D eigenvalue weighted by molar-refractivity contribution is 9.10. The van der Waals surface area contributed by atoms with Crippen molar-refractivity contribution in [2.75, 3.05) is 5.32 Å². The van der Waals surface area contributed by atoms with E-state index in [0.717, 1.165) is 25.6 Å². The molecule has 0 saturated carbocycles. The van der Waals surface area contributed by atoms with E-state index in [1.165, 1.54) is 0 Å². The van der Waals surface area contributed by atoms with Gasteiger partial charge in [0.15, 0.2) is 11.5 Å². The van der Waals surface area contributed by atoms with Crippen LogP contribution in [0, 0.1) is 6.92 Å². The maximum Gasteiger partial charge on any atom is 0.230 e.